The van der Waals surface area contributed by atoms with E-state index in [4.69, 9.17) is 9.47 Å². The second kappa shape index (κ2) is 6.91. The van der Waals surface area contributed by atoms with Crippen LogP contribution < -0.4 is 20.1 Å². The third-order valence-corrected chi connectivity index (χ3v) is 5.18. The number of fused-ring (bicyclic) bond motifs is 1. The zero-order valence-corrected chi connectivity index (χ0v) is 15.6. The molecular weight excluding hydrogens is 405 g/mol. The van der Waals surface area contributed by atoms with Gasteiger partial charge in [0.25, 0.3) is 0 Å². The molecule has 2 aromatic rings. The Morgan fingerprint density at radius 3 is 2.47 bits per heavy atom. The molecule has 2 aromatic carbocycles. The zero-order chi connectivity index (χ0) is 21.7. The SMILES string of the molecule is Cc1ccc(C(=O)[C@H]2[C@H](c3ccc4c(c3)OCO4)NC(=O)N[C@]2(O)C(F)(F)F)cc1. The number of nitrogens with one attached hydrogen (secondary N) is 2. The van der Waals surface area contributed by atoms with E-state index in [0.29, 0.717) is 5.75 Å². The van der Waals surface area contributed by atoms with Gasteiger partial charge < -0.3 is 25.2 Å². The second-order valence-corrected chi connectivity index (χ2v) is 7.16. The number of aryl methyl sites for hydroxylation is 1. The molecule has 3 N–H and O–H groups in total. The first-order valence-electron chi connectivity index (χ1n) is 8.98. The number of Topliss-reactive ketones (excluding diaryl/α,β-unsaturated/α-hetero) is 1. The monoisotopic (exact) mass is 422 g/mol. The highest BCUT2D eigenvalue weighted by Crippen LogP contribution is 2.45. The number of halogens is 3. The van der Waals surface area contributed by atoms with Crippen molar-refractivity contribution in [3.63, 3.8) is 0 Å². The lowest BCUT2D eigenvalue weighted by Gasteiger charge is -2.45. The summed E-state index contributed by atoms with van der Waals surface area (Å²) >= 11 is 0. The van der Waals surface area contributed by atoms with E-state index < -0.39 is 35.7 Å². The molecule has 2 aliphatic rings. The Bertz CT molecular complexity index is 1010. The van der Waals surface area contributed by atoms with Gasteiger partial charge in [-0.3, -0.25) is 4.79 Å². The molecule has 7 nitrogen and oxygen atoms in total. The highest BCUT2D eigenvalue weighted by Gasteiger charge is 2.66. The van der Waals surface area contributed by atoms with Gasteiger partial charge >= 0.3 is 12.2 Å². The Kier molecular flexibility index (Phi) is 4.61. The lowest BCUT2D eigenvalue weighted by atomic mass is 9.77. The van der Waals surface area contributed by atoms with Crippen molar-refractivity contribution in [1.82, 2.24) is 10.6 Å². The Morgan fingerprint density at radius 2 is 1.80 bits per heavy atom. The van der Waals surface area contributed by atoms with Gasteiger partial charge in [0.15, 0.2) is 17.3 Å². The number of carbonyl (C=O) groups is 2. The normalized spacial score (nSPS) is 25.4. The van der Waals surface area contributed by atoms with Crippen molar-refractivity contribution in [2.45, 2.75) is 24.9 Å². The van der Waals surface area contributed by atoms with E-state index >= 15 is 0 Å². The molecule has 1 saturated heterocycles. The quantitative estimate of drug-likeness (QED) is 0.661. The molecule has 2 heterocycles. The zero-order valence-electron chi connectivity index (χ0n) is 15.6. The molecule has 0 saturated carbocycles. The number of urea groups is 1. The van der Waals surface area contributed by atoms with Crippen LogP contribution in [0.4, 0.5) is 18.0 Å². The summed E-state index contributed by atoms with van der Waals surface area (Å²) in [5.74, 6) is -2.44. The first-order chi connectivity index (χ1) is 14.1. The van der Waals surface area contributed by atoms with Crippen LogP contribution in [0.2, 0.25) is 0 Å². The van der Waals surface area contributed by atoms with Crippen LogP contribution in [-0.4, -0.2) is 35.6 Å². The number of ether oxygens (including phenoxy) is 2. The Morgan fingerprint density at radius 1 is 1.13 bits per heavy atom. The molecule has 2 amide bonds. The fourth-order valence-corrected chi connectivity index (χ4v) is 3.62. The highest BCUT2D eigenvalue weighted by atomic mass is 19.4. The number of hydrogen-bond donors (Lipinski definition) is 3. The van der Waals surface area contributed by atoms with Gasteiger partial charge in [-0.15, -0.1) is 0 Å². The minimum Gasteiger partial charge on any atom is -0.454 e. The molecule has 2 aliphatic heterocycles. The van der Waals surface area contributed by atoms with Crippen molar-refractivity contribution in [2.75, 3.05) is 6.79 Å². The van der Waals surface area contributed by atoms with Crippen molar-refractivity contribution in [3.8, 4) is 11.5 Å². The van der Waals surface area contributed by atoms with Gasteiger partial charge in [0.1, 0.15) is 5.92 Å². The first-order valence-corrected chi connectivity index (χ1v) is 8.98. The van der Waals surface area contributed by atoms with Gasteiger partial charge in [-0.05, 0) is 24.6 Å². The smallest absolute Gasteiger partial charge is 0.437 e. The van der Waals surface area contributed by atoms with Crippen LogP contribution in [-0.2, 0) is 0 Å². The predicted octanol–water partition coefficient (Wildman–Crippen LogP) is 2.83. The van der Waals surface area contributed by atoms with Crippen LogP contribution in [0.5, 0.6) is 11.5 Å². The molecule has 0 aliphatic carbocycles. The number of amides is 2. The molecule has 3 atom stereocenters. The van der Waals surface area contributed by atoms with Crippen LogP contribution in [0.25, 0.3) is 0 Å². The van der Waals surface area contributed by atoms with Crippen LogP contribution in [0.15, 0.2) is 42.5 Å². The summed E-state index contributed by atoms with van der Waals surface area (Å²) in [6, 6.07) is 7.42. The number of ketones is 1. The van der Waals surface area contributed by atoms with Gasteiger partial charge in [-0.2, -0.15) is 13.2 Å². The van der Waals surface area contributed by atoms with Crippen LogP contribution in [0.3, 0.4) is 0 Å². The van der Waals surface area contributed by atoms with Crippen molar-refractivity contribution >= 4 is 11.8 Å². The third kappa shape index (κ3) is 3.22. The molecule has 0 spiro atoms. The number of rotatable bonds is 3. The fraction of sp³-hybridized carbons (Fsp3) is 0.300. The second-order valence-electron chi connectivity index (χ2n) is 7.16. The van der Waals surface area contributed by atoms with Gasteiger partial charge in [0.2, 0.25) is 12.5 Å². The maximum absolute atomic E-state index is 13.9. The van der Waals surface area contributed by atoms with Crippen molar-refractivity contribution in [2.24, 2.45) is 5.92 Å². The lowest BCUT2D eigenvalue weighted by molar-refractivity contribution is -0.287. The summed E-state index contributed by atoms with van der Waals surface area (Å²) in [6.07, 6.45) is -5.32. The maximum atomic E-state index is 13.9. The molecule has 158 valence electrons. The number of benzene rings is 2. The molecule has 0 aromatic heterocycles. The summed E-state index contributed by atoms with van der Waals surface area (Å²) in [4.78, 5) is 25.2. The van der Waals surface area contributed by atoms with E-state index in [9.17, 15) is 27.9 Å². The molecule has 4 rings (SSSR count). The van der Waals surface area contributed by atoms with E-state index in [1.807, 2.05) is 0 Å². The van der Waals surface area contributed by atoms with Gasteiger partial charge in [0.05, 0.1) is 6.04 Å². The average molecular weight is 422 g/mol. The summed E-state index contributed by atoms with van der Waals surface area (Å²) in [5, 5.41) is 14.4. The van der Waals surface area contributed by atoms with Crippen LogP contribution in [0, 0.1) is 12.8 Å². The number of aliphatic hydroxyl groups is 1. The lowest BCUT2D eigenvalue weighted by Crippen LogP contribution is -2.72. The topological polar surface area (TPSA) is 96.9 Å². The minimum absolute atomic E-state index is 0.0306. The molecule has 0 unspecified atom stereocenters. The van der Waals surface area contributed by atoms with Crippen molar-refractivity contribution in [3.05, 3.63) is 59.2 Å². The Labute approximate surface area is 168 Å². The maximum Gasteiger partial charge on any atom is 0.437 e. The summed E-state index contributed by atoms with van der Waals surface area (Å²) in [7, 11) is 0. The Hall–Kier alpha value is -3.27. The molecule has 10 heteroatoms. The van der Waals surface area contributed by atoms with Gasteiger partial charge in [-0.25, -0.2) is 4.79 Å². The third-order valence-electron chi connectivity index (χ3n) is 5.18. The minimum atomic E-state index is -5.32. The molecular formula is C20H17F3N2O5. The number of carbonyl (C=O) groups excluding carboxylic acids is 2. The number of hydrogen-bond acceptors (Lipinski definition) is 5. The van der Waals surface area contributed by atoms with E-state index in [-0.39, 0.29) is 23.7 Å². The van der Waals surface area contributed by atoms with E-state index in [2.05, 4.69) is 5.32 Å². The molecule has 0 radical (unpaired) electrons. The summed E-state index contributed by atoms with van der Waals surface area (Å²) in [5.41, 5.74) is -2.85. The van der Waals surface area contributed by atoms with Crippen molar-refractivity contribution < 1.29 is 37.3 Å². The van der Waals surface area contributed by atoms with Crippen LogP contribution in [0.1, 0.15) is 27.5 Å². The number of alkyl halides is 3. The molecule has 30 heavy (non-hydrogen) atoms. The van der Waals surface area contributed by atoms with E-state index in [0.717, 1.165) is 5.56 Å². The molecule has 0 bridgehead atoms. The van der Waals surface area contributed by atoms with Gasteiger partial charge in [0, 0.05) is 5.56 Å². The predicted molar refractivity (Wildman–Crippen MR) is 97.0 cm³/mol. The van der Waals surface area contributed by atoms with Crippen LogP contribution >= 0.6 is 0 Å². The molecule has 1 fully saturated rings. The standard InChI is InChI=1S/C20H17F3N2O5/c1-10-2-4-11(5-3-10)17(26)15-16(12-6-7-13-14(8-12)30-9-29-13)24-18(27)25-19(15,28)20(21,22)23/h2-8,15-16,28H,9H2,1H3,(H2,24,25,27)/t15-,16+,19-/m1/s1. The van der Waals surface area contributed by atoms with E-state index in [1.165, 1.54) is 35.6 Å². The average Bonchev–Trinajstić information content (AvgIpc) is 3.14. The van der Waals surface area contributed by atoms with Gasteiger partial charge in [-0.1, -0.05) is 35.9 Å². The highest BCUT2D eigenvalue weighted by molar-refractivity contribution is 6.00. The summed E-state index contributed by atoms with van der Waals surface area (Å²) < 4.78 is 52.2. The first kappa shape index (κ1) is 20.0. The fourth-order valence-electron chi connectivity index (χ4n) is 3.62. The largest absolute Gasteiger partial charge is 0.454 e. The summed E-state index contributed by atoms with van der Waals surface area (Å²) in [6.45, 7) is 1.70. The Balaban J connectivity index is 1.84. The van der Waals surface area contributed by atoms with E-state index in [1.54, 1.807) is 19.1 Å². The van der Waals surface area contributed by atoms with Crippen molar-refractivity contribution in [1.29, 1.82) is 0 Å².